The van der Waals surface area contributed by atoms with Crippen LogP contribution >= 0.6 is 0 Å². The van der Waals surface area contributed by atoms with Gasteiger partial charge in [0.05, 0.1) is 12.3 Å². The van der Waals surface area contributed by atoms with Gasteiger partial charge in [-0.05, 0) is 31.0 Å². The summed E-state index contributed by atoms with van der Waals surface area (Å²) in [5.41, 5.74) is 2.90. The van der Waals surface area contributed by atoms with Crippen LogP contribution in [0.1, 0.15) is 17.5 Å². The molecule has 0 heterocycles. The van der Waals surface area contributed by atoms with E-state index in [0.717, 1.165) is 16.8 Å². The van der Waals surface area contributed by atoms with Crippen molar-refractivity contribution in [3.05, 3.63) is 29.3 Å². The summed E-state index contributed by atoms with van der Waals surface area (Å²) >= 11 is 0. The average Bonchev–Trinajstić information content (AvgIpc) is 2.27. The molecule has 98 valence electrons. The van der Waals surface area contributed by atoms with E-state index in [2.05, 4.69) is 5.32 Å². The number of aryl methyl sites for hydroxylation is 2. The SMILES string of the molecule is Cc1ccc(C)c(NCC(CC(=O)O)C(=O)O)c1. The van der Waals surface area contributed by atoms with Crippen LogP contribution in [-0.2, 0) is 9.59 Å². The Morgan fingerprint density at radius 3 is 2.50 bits per heavy atom. The Morgan fingerprint density at radius 2 is 1.94 bits per heavy atom. The first-order chi connectivity index (χ1) is 8.40. The van der Waals surface area contributed by atoms with Gasteiger partial charge in [-0.25, -0.2) is 0 Å². The van der Waals surface area contributed by atoms with E-state index in [0.29, 0.717) is 0 Å². The topological polar surface area (TPSA) is 86.6 Å². The van der Waals surface area contributed by atoms with Crippen molar-refractivity contribution in [2.75, 3.05) is 11.9 Å². The molecule has 1 atom stereocenters. The van der Waals surface area contributed by atoms with Crippen molar-refractivity contribution in [3.63, 3.8) is 0 Å². The van der Waals surface area contributed by atoms with E-state index >= 15 is 0 Å². The third-order valence-electron chi connectivity index (χ3n) is 2.70. The molecule has 0 amide bonds. The molecule has 18 heavy (non-hydrogen) atoms. The summed E-state index contributed by atoms with van der Waals surface area (Å²) in [5.74, 6) is -3.14. The van der Waals surface area contributed by atoms with E-state index in [1.807, 2.05) is 32.0 Å². The molecule has 0 bridgehead atoms. The summed E-state index contributed by atoms with van der Waals surface area (Å²) < 4.78 is 0. The summed E-state index contributed by atoms with van der Waals surface area (Å²) in [6.07, 6.45) is -0.382. The van der Waals surface area contributed by atoms with Crippen LogP contribution in [0.25, 0.3) is 0 Å². The zero-order valence-electron chi connectivity index (χ0n) is 10.4. The molecular formula is C13H17NO4. The van der Waals surface area contributed by atoms with Crippen molar-refractivity contribution < 1.29 is 19.8 Å². The van der Waals surface area contributed by atoms with Crippen LogP contribution < -0.4 is 5.32 Å². The van der Waals surface area contributed by atoms with Crippen LogP contribution in [0.3, 0.4) is 0 Å². The molecule has 0 aliphatic rings. The highest BCUT2D eigenvalue weighted by atomic mass is 16.4. The molecule has 1 rings (SSSR count). The molecule has 0 aromatic heterocycles. The molecule has 5 nitrogen and oxygen atoms in total. The number of carbonyl (C=O) groups is 2. The summed E-state index contributed by atoms with van der Waals surface area (Å²) in [4.78, 5) is 21.5. The van der Waals surface area contributed by atoms with Crippen LogP contribution in [0.2, 0.25) is 0 Å². The Hall–Kier alpha value is -2.04. The highest BCUT2D eigenvalue weighted by Gasteiger charge is 2.20. The molecule has 0 aliphatic heterocycles. The van der Waals surface area contributed by atoms with E-state index in [1.165, 1.54) is 0 Å². The number of carboxylic acid groups (broad SMARTS) is 2. The van der Waals surface area contributed by atoms with Gasteiger partial charge in [-0.1, -0.05) is 12.1 Å². The van der Waals surface area contributed by atoms with Crippen molar-refractivity contribution in [2.24, 2.45) is 5.92 Å². The number of benzene rings is 1. The van der Waals surface area contributed by atoms with Crippen LogP contribution in [0.5, 0.6) is 0 Å². The van der Waals surface area contributed by atoms with Crippen LogP contribution in [0, 0.1) is 19.8 Å². The molecule has 1 unspecified atom stereocenters. The number of carboxylic acids is 2. The first-order valence-electron chi connectivity index (χ1n) is 5.66. The number of hydrogen-bond acceptors (Lipinski definition) is 3. The van der Waals surface area contributed by atoms with E-state index < -0.39 is 17.9 Å². The maximum absolute atomic E-state index is 10.9. The first-order valence-corrected chi connectivity index (χ1v) is 5.66. The Bertz CT molecular complexity index is 456. The monoisotopic (exact) mass is 251 g/mol. The van der Waals surface area contributed by atoms with Gasteiger partial charge in [0.15, 0.2) is 0 Å². The molecule has 5 heteroatoms. The van der Waals surface area contributed by atoms with E-state index in [-0.39, 0.29) is 13.0 Å². The lowest BCUT2D eigenvalue weighted by molar-refractivity contribution is -0.147. The second-order valence-corrected chi connectivity index (χ2v) is 4.33. The fourth-order valence-electron chi connectivity index (χ4n) is 1.62. The summed E-state index contributed by atoms with van der Waals surface area (Å²) in [7, 11) is 0. The summed E-state index contributed by atoms with van der Waals surface area (Å²) in [5, 5.41) is 20.6. The van der Waals surface area contributed by atoms with Gasteiger partial charge < -0.3 is 15.5 Å². The van der Waals surface area contributed by atoms with Crippen molar-refractivity contribution in [1.29, 1.82) is 0 Å². The van der Waals surface area contributed by atoms with E-state index in [4.69, 9.17) is 10.2 Å². The maximum Gasteiger partial charge on any atom is 0.308 e. The predicted molar refractivity (Wildman–Crippen MR) is 67.8 cm³/mol. The van der Waals surface area contributed by atoms with Crippen molar-refractivity contribution in [1.82, 2.24) is 0 Å². The largest absolute Gasteiger partial charge is 0.481 e. The molecular weight excluding hydrogens is 234 g/mol. The molecule has 0 spiro atoms. The van der Waals surface area contributed by atoms with Gasteiger partial charge in [0.2, 0.25) is 0 Å². The number of anilines is 1. The lowest BCUT2D eigenvalue weighted by Crippen LogP contribution is -2.25. The van der Waals surface area contributed by atoms with Gasteiger partial charge in [-0.15, -0.1) is 0 Å². The molecule has 0 saturated carbocycles. The standard InChI is InChI=1S/C13H17NO4/c1-8-3-4-9(2)11(5-8)14-7-10(13(17)18)6-12(15)16/h3-5,10,14H,6-7H2,1-2H3,(H,15,16)(H,17,18). The zero-order chi connectivity index (χ0) is 13.7. The Labute approximate surface area is 105 Å². The van der Waals surface area contributed by atoms with Gasteiger partial charge in [-0.2, -0.15) is 0 Å². The Balaban J connectivity index is 2.69. The normalized spacial score (nSPS) is 11.9. The molecule has 3 N–H and O–H groups in total. The lowest BCUT2D eigenvalue weighted by Gasteiger charge is -2.14. The van der Waals surface area contributed by atoms with Gasteiger partial charge in [0.1, 0.15) is 0 Å². The van der Waals surface area contributed by atoms with Gasteiger partial charge in [-0.3, -0.25) is 9.59 Å². The molecule has 0 fully saturated rings. The minimum atomic E-state index is -1.11. The molecule has 0 saturated heterocycles. The summed E-state index contributed by atoms with van der Waals surface area (Å²) in [6.45, 7) is 3.96. The van der Waals surface area contributed by atoms with Crippen molar-refractivity contribution >= 4 is 17.6 Å². The van der Waals surface area contributed by atoms with Crippen molar-refractivity contribution in [3.8, 4) is 0 Å². The third kappa shape index (κ3) is 4.08. The highest BCUT2D eigenvalue weighted by molar-refractivity contribution is 5.78. The first kappa shape index (κ1) is 14.0. The fourth-order valence-corrected chi connectivity index (χ4v) is 1.62. The van der Waals surface area contributed by atoms with E-state index in [1.54, 1.807) is 0 Å². The van der Waals surface area contributed by atoms with Gasteiger partial charge in [0.25, 0.3) is 0 Å². The number of aliphatic carboxylic acids is 2. The predicted octanol–water partition coefficient (Wildman–Crippen LogP) is 1.89. The average molecular weight is 251 g/mol. The third-order valence-corrected chi connectivity index (χ3v) is 2.70. The van der Waals surface area contributed by atoms with Crippen LogP contribution in [0.15, 0.2) is 18.2 Å². The lowest BCUT2D eigenvalue weighted by atomic mass is 10.1. The van der Waals surface area contributed by atoms with Gasteiger partial charge >= 0.3 is 11.9 Å². The number of nitrogens with one attached hydrogen (secondary N) is 1. The van der Waals surface area contributed by atoms with Crippen LogP contribution in [0.4, 0.5) is 5.69 Å². The number of hydrogen-bond donors (Lipinski definition) is 3. The van der Waals surface area contributed by atoms with E-state index in [9.17, 15) is 9.59 Å². The van der Waals surface area contributed by atoms with Crippen LogP contribution in [-0.4, -0.2) is 28.7 Å². The second-order valence-electron chi connectivity index (χ2n) is 4.33. The minimum absolute atomic E-state index is 0.103. The summed E-state index contributed by atoms with van der Waals surface area (Å²) in [6, 6.07) is 5.81. The smallest absolute Gasteiger partial charge is 0.308 e. The quantitative estimate of drug-likeness (QED) is 0.718. The maximum atomic E-state index is 10.9. The minimum Gasteiger partial charge on any atom is -0.481 e. The number of rotatable bonds is 6. The highest BCUT2D eigenvalue weighted by Crippen LogP contribution is 2.17. The molecule has 1 aromatic rings. The Kier molecular flexibility index (Phi) is 4.71. The fraction of sp³-hybridized carbons (Fsp3) is 0.385. The molecule has 1 aromatic carbocycles. The van der Waals surface area contributed by atoms with Gasteiger partial charge in [0, 0.05) is 12.2 Å². The zero-order valence-corrected chi connectivity index (χ0v) is 10.4. The molecule has 0 aliphatic carbocycles. The second kappa shape index (κ2) is 6.05. The van der Waals surface area contributed by atoms with Crippen molar-refractivity contribution in [2.45, 2.75) is 20.3 Å². The molecule has 0 radical (unpaired) electrons. The Morgan fingerprint density at radius 1 is 1.28 bits per heavy atom.